The highest BCUT2D eigenvalue weighted by Gasteiger charge is 2.08. The number of methoxy groups -OCH3 is 1. The quantitative estimate of drug-likeness (QED) is 0.892. The van der Waals surface area contributed by atoms with E-state index in [1.807, 2.05) is 19.2 Å². The second-order valence-corrected chi connectivity index (χ2v) is 5.33. The summed E-state index contributed by atoms with van der Waals surface area (Å²) in [5.41, 5.74) is 0.943. The fourth-order valence-electron chi connectivity index (χ4n) is 1.48. The van der Waals surface area contributed by atoms with E-state index in [9.17, 15) is 0 Å². The summed E-state index contributed by atoms with van der Waals surface area (Å²) in [6.45, 7) is 0.597. The number of benzene rings is 1. The molecular weight excluding hydrogens is 364 g/mol. The second kappa shape index (κ2) is 5.71. The van der Waals surface area contributed by atoms with E-state index >= 15 is 0 Å². The first-order chi connectivity index (χ1) is 8.61. The van der Waals surface area contributed by atoms with Crippen LogP contribution in [0.4, 0.5) is 5.69 Å². The largest absolute Gasteiger partial charge is 0.495 e. The van der Waals surface area contributed by atoms with E-state index in [4.69, 9.17) is 4.74 Å². The minimum Gasteiger partial charge on any atom is -0.495 e. The topological polar surface area (TPSA) is 52.0 Å². The number of aryl methyl sites for hydroxylation is 1. The fraction of sp³-hybridized carbons (Fsp3) is 0.273. The molecule has 1 N–H and O–H groups in total. The first-order valence-corrected chi connectivity index (χ1v) is 6.80. The van der Waals surface area contributed by atoms with E-state index in [2.05, 4.69) is 47.3 Å². The summed E-state index contributed by atoms with van der Waals surface area (Å²) in [6, 6.07) is 3.86. The molecule has 1 heterocycles. The smallest absolute Gasteiger partial charge is 0.145 e. The van der Waals surface area contributed by atoms with E-state index in [1.54, 1.807) is 11.8 Å². The number of hydrogen-bond acceptors (Lipinski definition) is 4. The summed E-state index contributed by atoms with van der Waals surface area (Å²) >= 11 is 6.94. The van der Waals surface area contributed by atoms with Crippen LogP contribution in [0.15, 0.2) is 27.4 Å². The standard InChI is InChI=1S/C11H12Br2N4O/c1-17-11(15-6-16-17)5-14-9-4-10(18-2)8(13)3-7(9)12/h3-4,6,14H,5H2,1-2H3. The van der Waals surface area contributed by atoms with Gasteiger partial charge in [-0.3, -0.25) is 4.68 Å². The van der Waals surface area contributed by atoms with Crippen LogP contribution in [0.3, 0.4) is 0 Å². The van der Waals surface area contributed by atoms with Gasteiger partial charge in [0.05, 0.1) is 23.8 Å². The van der Waals surface area contributed by atoms with Crippen molar-refractivity contribution in [2.45, 2.75) is 6.54 Å². The van der Waals surface area contributed by atoms with Crippen molar-refractivity contribution in [3.63, 3.8) is 0 Å². The zero-order valence-electron chi connectivity index (χ0n) is 9.94. The lowest BCUT2D eigenvalue weighted by atomic mass is 10.3. The number of nitrogens with one attached hydrogen (secondary N) is 1. The van der Waals surface area contributed by atoms with E-state index in [0.29, 0.717) is 6.54 Å². The van der Waals surface area contributed by atoms with Crippen molar-refractivity contribution < 1.29 is 4.74 Å². The van der Waals surface area contributed by atoms with Gasteiger partial charge in [0, 0.05) is 17.6 Å². The Hall–Kier alpha value is -1.08. The Kier molecular flexibility index (Phi) is 4.23. The Bertz CT molecular complexity index is 556. The number of hydrogen-bond donors (Lipinski definition) is 1. The highest BCUT2D eigenvalue weighted by Crippen LogP contribution is 2.34. The van der Waals surface area contributed by atoms with Gasteiger partial charge in [0.1, 0.15) is 17.9 Å². The molecule has 0 fully saturated rings. The summed E-state index contributed by atoms with van der Waals surface area (Å²) in [6.07, 6.45) is 1.54. The first-order valence-electron chi connectivity index (χ1n) is 5.21. The molecule has 5 nitrogen and oxygen atoms in total. The molecule has 2 aromatic rings. The molecular formula is C11H12Br2N4O. The Morgan fingerprint density at radius 3 is 2.72 bits per heavy atom. The molecule has 18 heavy (non-hydrogen) atoms. The van der Waals surface area contributed by atoms with Crippen molar-refractivity contribution >= 4 is 37.5 Å². The third-order valence-electron chi connectivity index (χ3n) is 2.48. The molecule has 0 aliphatic carbocycles. The van der Waals surface area contributed by atoms with Crippen LogP contribution in [0.5, 0.6) is 5.75 Å². The first kappa shape index (κ1) is 13.4. The number of halogens is 2. The molecule has 1 aromatic heterocycles. The predicted molar refractivity (Wildman–Crippen MR) is 76.7 cm³/mol. The van der Waals surface area contributed by atoms with Crippen LogP contribution >= 0.6 is 31.9 Å². The third-order valence-corrected chi connectivity index (χ3v) is 3.76. The monoisotopic (exact) mass is 374 g/mol. The molecule has 2 rings (SSSR count). The van der Waals surface area contributed by atoms with Crippen LogP contribution < -0.4 is 10.1 Å². The van der Waals surface area contributed by atoms with Gasteiger partial charge in [-0.2, -0.15) is 5.10 Å². The van der Waals surface area contributed by atoms with E-state index < -0.39 is 0 Å². The maximum absolute atomic E-state index is 5.26. The van der Waals surface area contributed by atoms with Crippen LogP contribution in [0.1, 0.15) is 5.82 Å². The minimum absolute atomic E-state index is 0.597. The van der Waals surface area contributed by atoms with Gasteiger partial charge in [-0.25, -0.2) is 4.98 Å². The Labute approximate surface area is 122 Å². The number of aromatic nitrogens is 3. The summed E-state index contributed by atoms with van der Waals surface area (Å²) in [4.78, 5) is 4.15. The summed E-state index contributed by atoms with van der Waals surface area (Å²) < 4.78 is 8.85. The van der Waals surface area contributed by atoms with Gasteiger partial charge in [0.15, 0.2) is 0 Å². The summed E-state index contributed by atoms with van der Waals surface area (Å²) in [5.74, 6) is 1.64. The molecule has 0 saturated heterocycles. The van der Waals surface area contributed by atoms with Gasteiger partial charge in [-0.05, 0) is 37.9 Å². The number of rotatable bonds is 4. The maximum atomic E-state index is 5.26. The molecule has 0 aliphatic rings. The lowest BCUT2D eigenvalue weighted by molar-refractivity contribution is 0.412. The molecule has 0 unspecified atom stereocenters. The van der Waals surface area contributed by atoms with Crippen molar-refractivity contribution in [1.82, 2.24) is 14.8 Å². The van der Waals surface area contributed by atoms with Gasteiger partial charge < -0.3 is 10.1 Å². The molecule has 0 atom stereocenters. The van der Waals surface area contributed by atoms with Gasteiger partial charge in [0.2, 0.25) is 0 Å². The normalized spacial score (nSPS) is 10.4. The average molecular weight is 376 g/mol. The van der Waals surface area contributed by atoms with Crippen LogP contribution in [0.2, 0.25) is 0 Å². The highest BCUT2D eigenvalue weighted by molar-refractivity contribution is 9.11. The third kappa shape index (κ3) is 2.84. The Morgan fingerprint density at radius 1 is 1.33 bits per heavy atom. The van der Waals surface area contributed by atoms with E-state index in [-0.39, 0.29) is 0 Å². The highest BCUT2D eigenvalue weighted by atomic mass is 79.9. The van der Waals surface area contributed by atoms with Gasteiger partial charge in [-0.1, -0.05) is 0 Å². The average Bonchev–Trinajstić information content (AvgIpc) is 2.74. The predicted octanol–water partition coefficient (Wildman–Crippen LogP) is 2.96. The van der Waals surface area contributed by atoms with Crippen molar-refractivity contribution in [3.8, 4) is 5.75 Å². The van der Waals surface area contributed by atoms with Gasteiger partial charge in [-0.15, -0.1) is 0 Å². The van der Waals surface area contributed by atoms with Gasteiger partial charge in [0.25, 0.3) is 0 Å². The molecule has 0 spiro atoms. The van der Waals surface area contributed by atoms with Crippen molar-refractivity contribution in [1.29, 1.82) is 0 Å². The zero-order chi connectivity index (χ0) is 13.1. The lowest BCUT2D eigenvalue weighted by Gasteiger charge is -2.11. The van der Waals surface area contributed by atoms with Gasteiger partial charge >= 0.3 is 0 Å². The number of nitrogens with zero attached hydrogens (tertiary/aromatic N) is 3. The Morgan fingerprint density at radius 2 is 2.11 bits per heavy atom. The lowest BCUT2D eigenvalue weighted by Crippen LogP contribution is -2.07. The van der Waals surface area contributed by atoms with Crippen LogP contribution in [-0.4, -0.2) is 21.9 Å². The molecule has 0 radical (unpaired) electrons. The molecule has 7 heteroatoms. The van der Waals surface area contributed by atoms with E-state index in [1.165, 1.54) is 6.33 Å². The number of anilines is 1. The zero-order valence-corrected chi connectivity index (χ0v) is 13.1. The van der Waals surface area contributed by atoms with Crippen LogP contribution in [-0.2, 0) is 13.6 Å². The van der Waals surface area contributed by atoms with Crippen LogP contribution in [0.25, 0.3) is 0 Å². The van der Waals surface area contributed by atoms with Crippen LogP contribution in [0, 0.1) is 0 Å². The summed E-state index contributed by atoms with van der Waals surface area (Å²) in [7, 11) is 3.50. The Balaban J connectivity index is 2.16. The van der Waals surface area contributed by atoms with Crippen molar-refractivity contribution in [2.75, 3.05) is 12.4 Å². The van der Waals surface area contributed by atoms with Crippen molar-refractivity contribution in [2.24, 2.45) is 7.05 Å². The second-order valence-electron chi connectivity index (χ2n) is 3.62. The minimum atomic E-state index is 0.597. The summed E-state index contributed by atoms with van der Waals surface area (Å²) in [5, 5.41) is 7.31. The molecule has 1 aromatic carbocycles. The van der Waals surface area contributed by atoms with E-state index in [0.717, 1.165) is 26.2 Å². The molecule has 96 valence electrons. The molecule has 0 saturated carbocycles. The molecule has 0 amide bonds. The molecule has 0 bridgehead atoms. The number of ether oxygens (including phenoxy) is 1. The SMILES string of the molecule is COc1cc(NCc2ncnn2C)c(Br)cc1Br. The van der Waals surface area contributed by atoms with Crippen molar-refractivity contribution in [3.05, 3.63) is 33.2 Å². The fourth-order valence-corrected chi connectivity index (χ4v) is 2.77. The maximum Gasteiger partial charge on any atom is 0.145 e. The molecule has 0 aliphatic heterocycles.